The number of sulfonamides is 1. The minimum Gasteiger partial charge on any atom is -0.352 e. The highest BCUT2D eigenvalue weighted by Gasteiger charge is 2.29. The summed E-state index contributed by atoms with van der Waals surface area (Å²) in [5.41, 5.74) is 0. The number of aromatic nitrogens is 1. The summed E-state index contributed by atoms with van der Waals surface area (Å²) in [5.74, 6) is 0.395. The molecule has 1 amide bonds. The quantitative estimate of drug-likeness (QED) is 0.747. The van der Waals surface area contributed by atoms with E-state index in [1.165, 1.54) is 6.20 Å². The van der Waals surface area contributed by atoms with E-state index in [1.54, 1.807) is 11.0 Å². The number of halogens is 2. The smallest absolute Gasteiger partial charge is 0.239 e. The van der Waals surface area contributed by atoms with Crippen LogP contribution >= 0.6 is 23.2 Å². The molecule has 1 aliphatic heterocycles. The van der Waals surface area contributed by atoms with E-state index in [-0.39, 0.29) is 11.9 Å². The Morgan fingerprint density at radius 1 is 1.18 bits per heavy atom. The molecule has 156 valence electrons. The van der Waals surface area contributed by atoms with Crippen LogP contribution in [0, 0.1) is 5.92 Å². The number of rotatable bonds is 5. The van der Waals surface area contributed by atoms with Gasteiger partial charge in [-0.15, -0.1) is 0 Å². The largest absolute Gasteiger partial charge is 0.352 e. The number of carbonyl (C=O) groups excluding carboxylic acids is 1. The molecule has 1 saturated heterocycles. The maximum atomic E-state index is 12.5. The van der Waals surface area contributed by atoms with Gasteiger partial charge in [0.2, 0.25) is 15.9 Å². The highest BCUT2D eigenvalue weighted by molar-refractivity contribution is 7.90. The number of piperazine rings is 1. The zero-order valence-electron chi connectivity index (χ0n) is 15.9. The Morgan fingerprint density at radius 3 is 2.43 bits per heavy atom. The third-order valence-electron chi connectivity index (χ3n) is 5.40. The van der Waals surface area contributed by atoms with Crippen LogP contribution in [0.3, 0.4) is 0 Å². The molecule has 3 rings (SSSR count). The third kappa shape index (κ3) is 5.72. The molecular formula is C18H26Cl2N4O3S. The molecule has 28 heavy (non-hydrogen) atoms. The van der Waals surface area contributed by atoms with E-state index >= 15 is 0 Å². The van der Waals surface area contributed by atoms with E-state index in [9.17, 15) is 13.2 Å². The molecule has 0 bridgehead atoms. The van der Waals surface area contributed by atoms with Crippen LogP contribution < -0.4 is 9.62 Å². The summed E-state index contributed by atoms with van der Waals surface area (Å²) in [6.07, 6.45) is 5.24. The van der Waals surface area contributed by atoms with Crippen molar-refractivity contribution < 1.29 is 13.2 Å². The lowest BCUT2D eigenvalue weighted by Crippen LogP contribution is -2.51. The van der Waals surface area contributed by atoms with Gasteiger partial charge in [0.1, 0.15) is 11.6 Å². The average Bonchev–Trinajstić information content (AvgIpc) is 2.63. The second-order valence-electron chi connectivity index (χ2n) is 7.66. The van der Waals surface area contributed by atoms with Crippen LogP contribution in [0.1, 0.15) is 32.6 Å². The molecule has 2 fully saturated rings. The first-order valence-electron chi connectivity index (χ1n) is 9.57. The van der Waals surface area contributed by atoms with E-state index in [4.69, 9.17) is 23.2 Å². The second-order valence-corrected chi connectivity index (χ2v) is 10.3. The molecule has 2 aliphatic rings. The maximum absolute atomic E-state index is 12.5. The van der Waals surface area contributed by atoms with Crippen molar-refractivity contribution in [1.82, 2.24) is 14.6 Å². The number of carbonyl (C=O) groups is 1. The first kappa shape index (κ1) is 21.6. The van der Waals surface area contributed by atoms with Crippen LogP contribution in [-0.2, 0) is 14.8 Å². The maximum Gasteiger partial charge on any atom is 0.239 e. The lowest BCUT2D eigenvalue weighted by atomic mass is 9.88. The molecule has 0 unspecified atom stereocenters. The van der Waals surface area contributed by atoms with Gasteiger partial charge in [-0.05, 0) is 37.7 Å². The number of hydrogen-bond acceptors (Lipinski definition) is 5. The zero-order valence-corrected chi connectivity index (χ0v) is 18.2. The van der Waals surface area contributed by atoms with Gasteiger partial charge in [0.25, 0.3) is 0 Å². The summed E-state index contributed by atoms with van der Waals surface area (Å²) in [5, 5.41) is 0.925. The topological polar surface area (TPSA) is 82.6 Å². The summed E-state index contributed by atoms with van der Waals surface area (Å²) in [6, 6.07) is 1.58. The van der Waals surface area contributed by atoms with E-state index < -0.39 is 15.8 Å². The minimum absolute atomic E-state index is 0.0519. The average molecular weight is 449 g/mol. The fraction of sp³-hybridized carbons (Fsp3) is 0.667. The highest BCUT2D eigenvalue weighted by atomic mass is 35.5. The van der Waals surface area contributed by atoms with Crippen LogP contribution in [0.25, 0.3) is 0 Å². The summed E-state index contributed by atoms with van der Waals surface area (Å²) >= 11 is 12.1. The molecule has 2 heterocycles. The minimum atomic E-state index is -3.63. The molecule has 1 N–H and O–H groups in total. The summed E-state index contributed by atoms with van der Waals surface area (Å²) in [6.45, 7) is 4.11. The fourth-order valence-electron chi connectivity index (χ4n) is 3.74. The van der Waals surface area contributed by atoms with Crippen molar-refractivity contribution in [1.29, 1.82) is 0 Å². The van der Waals surface area contributed by atoms with Crippen LogP contribution in [0.2, 0.25) is 10.0 Å². The second kappa shape index (κ2) is 9.15. The number of anilines is 1. The van der Waals surface area contributed by atoms with Gasteiger partial charge >= 0.3 is 0 Å². The summed E-state index contributed by atoms with van der Waals surface area (Å²) < 4.78 is 27.5. The molecule has 0 spiro atoms. The standard InChI is InChI=1S/C18H26Cl2N4O3S/c1-13-2-4-15(5-3-13)22-28(26,27)12-17(25)23-6-8-24(9-7-23)18-16(20)10-14(19)11-21-18/h10-11,13,15,22H,2-9,12H2,1H3. The number of nitrogens with one attached hydrogen (secondary N) is 1. The van der Waals surface area contributed by atoms with E-state index in [0.29, 0.717) is 48.0 Å². The molecule has 1 saturated carbocycles. The van der Waals surface area contributed by atoms with Gasteiger partial charge in [0.05, 0.1) is 10.0 Å². The first-order chi connectivity index (χ1) is 13.2. The van der Waals surface area contributed by atoms with Crippen molar-refractivity contribution >= 4 is 45.0 Å². The first-order valence-corrected chi connectivity index (χ1v) is 12.0. The van der Waals surface area contributed by atoms with Crippen LogP contribution in [0.15, 0.2) is 12.3 Å². The highest BCUT2D eigenvalue weighted by Crippen LogP contribution is 2.27. The molecular weight excluding hydrogens is 423 g/mol. The van der Waals surface area contributed by atoms with Gasteiger partial charge in [-0.25, -0.2) is 18.1 Å². The van der Waals surface area contributed by atoms with E-state index in [1.807, 2.05) is 4.90 Å². The van der Waals surface area contributed by atoms with Gasteiger partial charge in [0, 0.05) is 38.4 Å². The molecule has 10 heteroatoms. The Balaban J connectivity index is 1.50. The molecule has 1 aromatic heterocycles. The Kier molecular flexibility index (Phi) is 7.07. The normalized spacial score (nSPS) is 23.7. The van der Waals surface area contributed by atoms with Crippen LogP contribution in [0.4, 0.5) is 5.82 Å². The summed E-state index contributed by atoms with van der Waals surface area (Å²) in [4.78, 5) is 20.3. The number of pyridine rings is 1. The Bertz CT molecular complexity index is 805. The Labute approximate surface area is 176 Å². The molecule has 0 radical (unpaired) electrons. The van der Waals surface area contributed by atoms with Gasteiger partial charge < -0.3 is 9.80 Å². The van der Waals surface area contributed by atoms with Crippen molar-refractivity contribution in [3.05, 3.63) is 22.3 Å². The van der Waals surface area contributed by atoms with E-state index in [2.05, 4.69) is 16.6 Å². The van der Waals surface area contributed by atoms with Crippen LogP contribution in [0.5, 0.6) is 0 Å². The predicted molar refractivity (Wildman–Crippen MR) is 111 cm³/mol. The van der Waals surface area contributed by atoms with Crippen molar-refractivity contribution in [3.8, 4) is 0 Å². The molecule has 7 nitrogen and oxygen atoms in total. The van der Waals surface area contributed by atoms with Crippen molar-refractivity contribution in [2.75, 3.05) is 36.8 Å². The van der Waals surface area contributed by atoms with Crippen LogP contribution in [-0.4, -0.2) is 62.2 Å². The predicted octanol–water partition coefficient (Wildman–Crippen LogP) is 2.54. The van der Waals surface area contributed by atoms with Crippen molar-refractivity contribution in [3.63, 3.8) is 0 Å². The summed E-state index contributed by atoms with van der Waals surface area (Å²) in [7, 11) is -3.63. The molecule has 0 aromatic carbocycles. The Morgan fingerprint density at radius 2 is 1.82 bits per heavy atom. The van der Waals surface area contributed by atoms with Gasteiger partial charge in [0.15, 0.2) is 0 Å². The number of nitrogens with zero attached hydrogens (tertiary/aromatic N) is 3. The fourth-order valence-corrected chi connectivity index (χ4v) is 5.57. The van der Waals surface area contributed by atoms with Crippen molar-refractivity contribution in [2.45, 2.75) is 38.6 Å². The third-order valence-corrected chi connectivity index (χ3v) is 7.20. The van der Waals surface area contributed by atoms with Gasteiger partial charge in [-0.2, -0.15) is 0 Å². The van der Waals surface area contributed by atoms with Gasteiger partial charge in [-0.3, -0.25) is 4.79 Å². The Hall–Kier alpha value is -1.09. The SMILES string of the molecule is CC1CCC(NS(=O)(=O)CC(=O)N2CCN(c3ncc(Cl)cc3Cl)CC2)CC1. The molecule has 1 aromatic rings. The monoisotopic (exact) mass is 448 g/mol. The lowest BCUT2D eigenvalue weighted by molar-refractivity contribution is -0.128. The van der Waals surface area contributed by atoms with Crippen molar-refractivity contribution in [2.24, 2.45) is 5.92 Å². The van der Waals surface area contributed by atoms with Gasteiger partial charge in [-0.1, -0.05) is 30.1 Å². The van der Waals surface area contributed by atoms with E-state index in [0.717, 1.165) is 25.7 Å². The molecule has 0 atom stereocenters. The zero-order chi connectivity index (χ0) is 20.3. The molecule has 1 aliphatic carbocycles. The number of hydrogen-bond donors (Lipinski definition) is 1. The number of amides is 1. The lowest BCUT2D eigenvalue weighted by Gasteiger charge is -2.35.